The minimum atomic E-state index is -1.03. The molecule has 1 aromatic carbocycles. The highest BCUT2D eigenvalue weighted by molar-refractivity contribution is 6.35. The van der Waals surface area contributed by atoms with Crippen LogP contribution in [0.25, 0.3) is 0 Å². The lowest BCUT2D eigenvalue weighted by atomic mass is 10.2. The van der Waals surface area contributed by atoms with Crippen molar-refractivity contribution in [2.75, 3.05) is 20.3 Å². The lowest BCUT2D eigenvalue weighted by Crippen LogP contribution is -2.48. The van der Waals surface area contributed by atoms with E-state index in [1.54, 1.807) is 12.1 Å². The highest BCUT2D eigenvalue weighted by atomic mass is 16.5. The standard InChI is InChI=1S/C12H15N3O5/c1-20-9-4-2-3-8(7-9)10(17)14-15-12(19)11(18)13-5-6-16/h2-4,7,16H,5-6H2,1H3,(H,13,18)(H,14,17)(H,15,19). The molecule has 0 aliphatic carbocycles. The van der Waals surface area contributed by atoms with Crippen molar-refractivity contribution in [3.63, 3.8) is 0 Å². The summed E-state index contributed by atoms with van der Waals surface area (Å²) >= 11 is 0. The average Bonchev–Trinajstić information content (AvgIpc) is 2.49. The molecule has 0 bridgehead atoms. The first-order valence-electron chi connectivity index (χ1n) is 5.72. The Morgan fingerprint density at radius 1 is 1.20 bits per heavy atom. The van der Waals surface area contributed by atoms with Gasteiger partial charge in [0.05, 0.1) is 13.7 Å². The summed E-state index contributed by atoms with van der Waals surface area (Å²) in [5, 5.41) is 10.6. The third kappa shape index (κ3) is 4.58. The number of hydrazine groups is 1. The average molecular weight is 281 g/mol. The lowest BCUT2D eigenvalue weighted by Gasteiger charge is -2.08. The lowest BCUT2D eigenvalue weighted by molar-refractivity contribution is -0.139. The highest BCUT2D eigenvalue weighted by Crippen LogP contribution is 2.11. The van der Waals surface area contributed by atoms with Gasteiger partial charge in [-0.05, 0) is 18.2 Å². The fourth-order valence-electron chi connectivity index (χ4n) is 1.26. The Bertz CT molecular complexity index is 504. The summed E-state index contributed by atoms with van der Waals surface area (Å²) in [6.07, 6.45) is 0. The van der Waals surface area contributed by atoms with Crippen LogP contribution in [0.15, 0.2) is 24.3 Å². The SMILES string of the molecule is COc1cccc(C(=O)NNC(=O)C(=O)NCCO)c1. The number of rotatable bonds is 4. The molecular formula is C12H15N3O5. The zero-order valence-corrected chi connectivity index (χ0v) is 10.8. The number of aliphatic hydroxyl groups excluding tert-OH is 1. The van der Waals surface area contributed by atoms with Gasteiger partial charge in [-0.3, -0.25) is 25.2 Å². The van der Waals surface area contributed by atoms with Crippen molar-refractivity contribution in [3.8, 4) is 5.75 Å². The molecule has 0 aliphatic heterocycles. The van der Waals surface area contributed by atoms with Gasteiger partial charge in [0.2, 0.25) is 0 Å². The summed E-state index contributed by atoms with van der Waals surface area (Å²) in [6.45, 7) is -0.328. The molecule has 1 rings (SSSR count). The topological polar surface area (TPSA) is 117 Å². The first-order valence-corrected chi connectivity index (χ1v) is 5.72. The molecule has 0 saturated heterocycles. The number of ether oxygens (including phenoxy) is 1. The van der Waals surface area contributed by atoms with Crippen LogP contribution in [0.2, 0.25) is 0 Å². The third-order valence-electron chi connectivity index (χ3n) is 2.23. The maximum Gasteiger partial charge on any atom is 0.327 e. The van der Waals surface area contributed by atoms with E-state index in [0.717, 1.165) is 0 Å². The predicted molar refractivity (Wildman–Crippen MR) is 68.7 cm³/mol. The molecule has 0 aromatic heterocycles. The second kappa shape index (κ2) is 7.74. The fraction of sp³-hybridized carbons (Fsp3) is 0.250. The molecule has 0 heterocycles. The molecule has 0 spiro atoms. The van der Waals surface area contributed by atoms with Gasteiger partial charge in [0.25, 0.3) is 5.91 Å². The number of methoxy groups -OCH3 is 1. The van der Waals surface area contributed by atoms with E-state index in [4.69, 9.17) is 9.84 Å². The van der Waals surface area contributed by atoms with Crippen LogP contribution in [0.3, 0.4) is 0 Å². The van der Waals surface area contributed by atoms with E-state index in [9.17, 15) is 14.4 Å². The first-order chi connectivity index (χ1) is 9.58. The minimum Gasteiger partial charge on any atom is -0.497 e. The predicted octanol–water partition coefficient (Wildman–Crippen LogP) is -1.44. The van der Waals surface area contributed by atoms with Gasteiger partial charge in [0.15, 0.2) is 0 Å². The van der Waals surface area contributed by atoms with Crippen molar-refractivity contribution in [1.82, 2.24) is 16.2 Å². The maximum atomic E-state index is 11.7. The Balaban J connectivity index is 2.50. The summed E-state index contributed by atoms with van der Waals surface area (Å²) in [4.78, 5) is 34.1. The molecule has 108 valence electrons. The maximum absolute atomic E-state index is 11.7. The van der Waals surface area contributed by atoms with Crippen LogP contribution in [-0.2, 0) is 9.59 Å². The van der Waals surface area contributed by atoms with Gasteiger partial charge in [0, 0.05) is 12.1 Å². The van der Waals surface area contributed by atoms with Crippen molar-refractivity contribution in [1.29, 1.82) is 0 Å². The van der Waals surface area contributed by atoms with E-state index in [1.165, 1.54) is 19.2 Å². The van der Waals surface area contributed by atoms with E-state index in [1.807, 2.05) is 5.43 Å². The Morgan fingerprint density at radius 3 is 2.60 bits per heavy atom. The number of aliphatic hydroxyl groups is 1. The number of carbonyl (C=O) groups excluding carboxylic acids is 3. The van der Waals surface area contributed by atoms with Crippen molar-refractivity contribution in [3.05, 3.63) is 29.8 Å². The Hall–Kier alpha value is -2.61. The van der Waals surface area contributed by atoms with Crippen LogP contribution in [0.1, 0.15) is 10.4 Å². The highest BCUT2D eigenvalue weighted by Gasteiger charge is 2.14. The number of carbonyl (C=O) groups is 3. The van der Waals surface area contributed by atoms with Gasteiger partial charge in [-0.2, -0.15) is 0 Å². The van der Waals surface area contributed by atoms with E-state index in [-0.39, 0.29) is 18.7 Å². The third-order valence-corrected chi connectivity index (χ3v) is 2.23. The van der Waals surface area contributed by atoms with E-state index in [0.29, 0.717) is 5.75 Å². The van der Waals surface area contributed by atoms with Crippen LogP contribution >= 0.6 is 0 Å². The van der Waals surface area contributed by atoms with Gasteiger partial charge in [-0.15, -0.1) is 0 Å². The molecule has 0 unspecified atom stereocenters. The Morgan fingerprint density at radius 2 is 1.95 bits per heavy atom. The van der Waals surface area contributed by atoms with Gasteiger partial charge >= 0.3 is 11.8 Å². The van der Waals surface area contributed by atoms with Gasteiger partial charge < -0.3 is 15.2 Å². The van der Waals surface area contributed by atoms with Crippen LogP contribution in [0.4, 0.5) is 0 Å². The number of hydrogen-bond acceptors (Lipinski definition) is 5. The molecule has 4 N–H and O–H groups in total. The normalized spacial score (nSPS) is 9.50. The van der Waals surface area contributed by atoms with Crippen LogP contribution in [-0.4, -0.2) is 43.1 Å². The van der Waals surface area contributed by atoms with Crippen molar-refractivity contribution < 1.29 is 24.2 Å². The minimum absolute atomic E-state index is 0.0456. The van der Waals surface area contributed by atoms with E-state index >= 15 is 0 Å². The molecule has 3 amide bonds. The monoisotopic (exact) mass is 281 g/mol. The molecule has 0 aliphatic rings. The van der Waals surface area contributed by atoms with Gasteiger partial charge in [0.1, 0.15) is 5.75 Å². The summed E-state index contributed by atoms with van der Waals surface area (Å²) in [5.74, 6) is -2.09. The zero-order chi connectivity index (χ0) is 15.0. The smallest absolute Gasteiger partial charge is 0.327 e. The first kappa shape index (κ1) is 15.4. The largest absolute Gasteiger partial charge is 0.497 e. The summed E-state index contributed by atoms with van der Waals surface area (Å²) in [7, 11) is 1.46. The number of benzene rings is 1. The molecule has 8 heteroatoms. The Kier molecular flexibility index (Phi) is 5.98. The van der Waals surface area contributed by atoms with Gasteiger partial charge in [-0.25, -0.2) is 0 Å². The molecule has 0 atom stereocenters. The molecular weight excluding hydrogens is 266 g/mol. The fourth-order valence-corrected chi connectivity index (χ4v) is 1.26. The summed E-state index contributed by atoms with van der Waals surface area (Å²) in [5.41, 5.74) is 4.31. The Labute approximate surface area is 115 Å². The zero-order valence-electron chi connectivity index (χ0n) is 10.8. The summed E-state index contributed by atoms with van der Waals surface area (Å²) < 4.78 is 4.96. The molecule has 20 heavy (non-hydrogen) atoms. The molecule has 0 fully saturated rings. The second-order valence-corrected chi connectivity index (χ2v) is 3.62. The van der Waals surface area contributed by atoms with Gasteiger partial charge in [-0.1, -0.05) is 6.07 Å². The number of hydrogen-bond donors (Lipinski definition) is 4. The summed E-state index contributed by atoms with van der Waals surface area (Å²) in [6, 6.07) is 6.28. The quantitative estimate of drug-likeness (QED) is 0.398. The number of nitrogens with one attached hydrogen (secondary N) is 3. The van der Waals surface area contributed by atoms with E-state index in [2.05, 4.69) is 10.7 Å². The van der Waals surface area contributed by atoms with Crippen molar-refractivity contribution >= 4 is 17.7 Å². The van der Waals surface area contributed by atoms with Crippen LogP contribution in [0.5, 0.6) is 5.75 Å². The number of amides is 3. The molecule has 1 aromatic rings. The second-order valence-electron chi connectivity index (χ2n) is 3.62. The molecule has 0 saturated carbocycles. The van der Waals surface area contributed by atoms with Crippen LogP contribution in [0, 0.1) is 0 Å². The van der Waals surface area contributed by atoms with Crippen molar-refractivity contribution in [2.45, 2.75) is 0 Å². The van der Waals surface area contributed by atoms with E-state index < -0.39 is 17.7 Å². The van der Waals surface area contributed by atoms with Crippen molar-refractivity contribution in [2.24, 2.45) is 0 Å². The molecule has 8 nitrogen and oxygen atoms in total. The van der Waals surface area contributed by atoms with Crippen LogP contribution < -0.4 is 20.9 Å². The molecule has 0 radical (unpaired) electrons.